The SMILES string of the molecule is O=C(CN1CCc2ccccc21)NCCC1(O)C(=O)Nc2ccccc21. The summed E-state index contributed by atoms with van der Waals surface area (Å²) in [5.74, 6) is -0.557. The largest absolute Gasteiger partial charge is 0.375 e. The van der Waals surface area contributed by atoms with Crippen molar-refractivity contribution in [2.75, 3.05) is 29.9 Å². The Morgan fingerprint density at radius 1 is 1.19 bits per heavy atom. The molecule has 3 N–H and O–H groups in total. The summed E-state index contributed by atoms with van der Waals surface area (Å²) in [6.07, 6.45) is 1.08. The summed E-state index contributed by atoms with van der Waals surface area (Å²) in [5.41, 5.74) is 1.95. The van der Waals surface area contributed by atoms with E-state index in [0.29, 0.717) is 11.3 Å². The van der Waals surface area contributed by atoms with E-state index in [1.165, 1.54) is 5.56 Å². The molecule has 26 heavy (non-hydrogen) atoms. The van der Waals surface area contributed by atoms with Crippen LogP contribution >= 0.6 is 0 Å². The molecule has 1 unspecified atom stereocenters. The molecule has 134 valence electrons. The fraction of sp³-hybridized carbons (Fsp3) is 0.300. The quantitative estimate of drug-likeness (QED) is 0.760. The van der Waals surface area contributed by atoms with Crippen molar-refractivity contribution < 1.29 is 14.7 Å². The summed E-state index contributed by atoms with van der Waals surface area (Å²) in [7, 11) is 0. The number of benzene rings is 2. The summed E-state index contributed by atoms with van der Waals surface area (Å²) >= 11 is 0. The van der Waals surface area contributed by atoms with Crippen LogP contribution in [-0.4, -0.2) is 36.6 Å². The molecule has 0 saturated heterocycles. The number of nitrogens with zero attached hydrogens (tertiary/aromatic N) is 1. The van der Waals surface area contributed by atoms with Crippen LogP contribution in [0.1, 0.15) is 17.5 Å². The standard InChI is InChI=1S/C20H21N3O3/c24-18(13-23-12-9-14-5-1-4-8-17(14)23)21-11-10-20(26)15-6-2-3-7-16(15)22-19(20)25/h1-8,26H,9-13H2,(H,21,24)(H,22,25). The van der Waals surface area contributed by atoms with E-state index >= 15 is 0 Å². The first kappa shape index (κ1) is 16.6. The van der Waals surface area contributed by atoms with Crippen molar-refractivity contribution in [1.29, 1.82) is 0 Å². The van der Waals surface area contributed by atoms with Gasteiger partial charge in [-0.15, -0.1) is 0 Å². The lowest BCUT2D eigenvalue weighted by atomic mass is 9.92. The molecule has 0 spiro atoms. The topological polar surface area (TPSA) is 81.7 Å². The van der Waals surface area contributed by atoms with Crippen LogP contribution in [0.5, 0.6) is 0 Å². The molecule has 6 nitrogen and oxygen atoms in total. The number of rotatable bonds is 5. The molecule has 4 rings (SSSR count). The highest BCUT2D eigenvalue weighted by Crippen LogP contribution is 2.37. The van der Waals surface area contributed by atoms with Crippen molar-refractivity contribution >= 4 is 23.2 Å². The molecule has 6 heteroatoms. The number of aliphatic hydroxyl groups is 1. The monoisotopic (exact) mass is 351 g/mol. The summed E-state index contributed by atoms with van der Waals surface area (Å²) < 4.78 is 0. The van der Waals surface area contributed by atoms with Gasteiger partial charge in [0.25, 0.3) is 5.91 Å². The van der Waals surface area contributed by atoms with Crippen LogP contribution in [0, 0.1) is 0 Å². The van der Waals surface area contributed by atoms with E-state index in [1.54, 1.807) is 24.3 Å². The zero-order chi connectivity index (χ0) is 18.1. The minimum Gasteiger partial charge on any atom is -0.375 e. The van der Waals surface area contributed by atoms with Gasteiger partial charge < -0.3 is 20.6 Å². The van der Waals surface area contributed by atoms with E-state index in [0.717, 1.165) is 18.7 Å². The Labute approximate surface area is 151 Å². The predicted octanol–water partition coefficient (Wildman–Crippen LogP) is 1.40. The van der Waals surface area contributed by atoms with Gasteiger partial charge in [0.1, 0.15) is 0 Å². The van der Waals surface area contributed by atoms with E-state index in [2.05, 4.69) is 21.6 Å². The van der Waals surface area contributed by atoms with Crippen LogP contribution in [0.4, 0.5) is 11.4 Å². The fourth-order valence-electron chi connectivity index (χ4n) is 3.73. The molecule has 0 fully saturated rings. The van der Waals surface area contributed by atoms with Crippen molar-refractivity contribution in [2.24, 2.45) is 0 Å². The number of fused-ring (bicyclic) bond motifs is 2. The fourth-order valence-corrected chi connectivity index (χ4v) is 3.73. The Balaban J connectivity index is 1.34. The summed E-state index contributed by atoms with van der Waals surface area (Å²) in [5, 5.41) is 16.3. The molecular weight excluding hydrogens is 330 g/mol. The number of nitrogens with one attached hydrogen (secondary N) is 2. The third-order valence-corrected chi connectivity index (χ3v) is 5.12. The van der Waals surface area contributed by atoms with Crippen molar-refractivity contribution in [3.05, 3.63) is 59.7 Å². The Kier molecular flexibility index (Phi) is 4.12. The Bertz CT molecular complexity index is 867. The molecular formula is C20H21N3O3. The summed E-state index contributed by atoms with van der Waals surface area (Å²) in [6, 6.07) is 15.2. The average Bonchev–Trinajstić information content (AvgIpc) is 3.15. The van der Waals surface area contributed by atoms with Crippen molar-refractivity contribution in [2.45, 2.75) is 18.4 Å². The van der Waals surface area contributed by atoms with E-state index in [9.17, 15) is 14.7 Å². The second kappa shape index (κ2) is 6.46. The number of carbonyl (C=O) groups excluding carboxylic acids is 2. The van der Waals surface area contributed by atoms with Gasteiger partial charge in [0.2, 0.25) is 5.91 Å². The van der Waals surface area contributed by atoms with Crippen LogP contribution in [-0.2, 0) is 21.6 Å². The van der Waals surface area contributed by atoms with Crippen LogP contribution in [0.3, 0.4) is 0 Å². The van der Waals surface area contributed by atoms with Crippen LogP contribution in [0.15, 0.2) is 48.5 Å². The molecule has 2 aromatic carbocycles. The highest BCUT2D eigenvalue weighted by atomic mass is 16.3. The van der Waals surface area contributed by atoms with Gasteiger partial charge in [-0.1, -0.05) is 36.4 Å². The van der Waals surface area contributed by atoms with Gasteiger partial charge in [-0.25, -0.2) is 0 Å². The van der Waals surface area contributed by atoms with Gasteiger partial charge in [-0.2, -0.15) is 0 Å². The molecule has 0 aliphatic carbocycles. The third-order valence-electron chi connectivity index (χ3n) is 5.12. The maximum Gasteiger partial charge on any atom is 0.261 e. The van der Waals surface area contributed by atoms with Gasteiger partial charge in [0, 0.05) is 36.4 Å². The molecule has 2 aromatic rings. The molecule has 2 aliphatic heterocycles. The summed E-state index contributed by atoms with van der Waals surface area (Å²) in [4.78, 5) is 26.5. The smallest absolute Gasteiger partial charge is 0.261 e. The molecule has 0 aromatic heterocycles. The lowest BCUT2D eigenvalue weighted by molar-refractivity contribution is -0.134. The minimum absolute atomic E-state index is 0.114. The van der Waals surface area contributed by atoms with Gasteiger partial charge in [-0.05, 0) is 24.1 Å². The predicted molar refractivity (Wildman–Crippen MR) is 99.0 cm³/mol. The lowest BCUT2D eigenvalue weighted by Gasteiger charge is -2.22. The molecule has 2 heterocycles. The number of carbonyl (C=O) groups is 2. The van der Waals surface area contributed by atoms with E-state index in [4.69, 9.17) is 0 Å². The lowest BCUT2D eigenvalue weighted by Crippen LogP contribution is -2.41. The Hall–Kier alpha value is -2.86. The Morgan fingerprint density at radius 3 is 2.85 bits per heavy atom. The van der Waals surface area contributed by atoms with Gasteiger partial charge >= 0.3 is 0 Å². The molecule has 1 atom stereocenters. The van der Waals surface area contributed by atoms with E-state index in [-0.39, 0.29) is 25.4 Å². The number of amides is 2. The minimum atomic E-state index is -1.59. The molecule has 2 aliphatic rings. The number of hydrogen-bond donors (Lipinski definition) is 3. The first-order chi connectivity index (χ1) is 12.6. The highest BCUT2D eigenvalue weighted by molar-refractivity contribution is 6.04. The molecule has 2 amide bonds. The first-order valence-electron chi connectivity index (χ1n) is 8.81. The van der Waals surface area contributed by atoms with E-state index in [1.807, 2.05) is 18.2 Å². The van der Waals surface area contributed by atoms with Crippen molar-refractivity contribution in [3.8, 4) is 0 Å². The zero-order valence-corrected chi connectivity index (χ0v) is 14.4. The number of hydrogen-bond acceptors (Lipinski definition) is 4. The molecule has 0 saturated carbocycles. The normalized spacial score (nSPS) is 20.5. The van der Waals surface area contributed by atoms with Crippen LogP contribution in [0.2, 0.25) is 0 Å². The van der Waals surface area contributed by atoms with Gasteiger partial charge in [-0.3, -0.25) is 9.59 Å². The zero-order valence-electron chi connectivity index (χ0n) is 14.4. The average molecular weight is 351 g/mol. The maximum absolute atomic E-state index is 12.3. The van der Waals surface area contributed by atoms with Gasteiger partial charge in [0.15, 0.2) is 5.60 Å². The second-order valence-corrected chi connectivity index (χ2v) is 6.76. The van der Waals surface area contributed by atoms with Crippen LogP contribution < -0.4 is 15.5 Å². The van der Waals surface area contributed by atoms with Crippen molar-refractivity contribution in [1.82, 2.24) is 5.32 Å². The third kappa shape index (κ3) is 2.82. The number of para-hydroxylation sites is 2. The van der Waals surface area contributed by atoms with Gasteiger partial charge in [0.05, 0.1) is 6.54 Å². The molecule has 0 radical (unpaired) electrons. The Morgan fingerprint density at radius 2 is 1.96 bits per heavy atom. The highest BCUT2D eigenvalue weighted by Gasteiger charge is 2.44. The summed E-state index contributed by atoms with van der Waals surface area (Å²) in [6.45, 7) is 1.33. The second-order valence-electron chi connectivity index (χ2n) is 6.76. The first-order valence-corrected chi connectivity index (χ1v) is 8.81. The van der Waals surface area contributed by atoms with Crippen LogP contribution in [0.25, 0.3) is 0 Å². The number of anilines is 2. The van der Waals surface area contributed by atoms with Crippen molar-refractivity contribution in [3.63, 3.8) is 0 Å². The maximum atomic E-state index is 12.3. The van der Waals surface area contributed by atoms with E-state index < -0.39 is 11.5 Å². The molecule has 0 bridgehead atoms.